The van der Waals surface area contributed by atoms with E-state index in [4.69, 9.17) is 4.74 Å². The van der Waals surface area contributed by atoms with E-state index in [1.54, 1.807) is 0 Å². The Morgan fingerprint density at radius 1 is 1.38 bits per heavy atom. The lowest BCUT2D eigenvalue weighted by Crippen LogP contribution is -2.39. The van der Waals surface area contributed by atoms with Crippen molar-refractivity contribution in [2.24, 2.45) is 10.9 Å². The number of benzene rings is 1. The first kappa shape index (κ1) is 18.1. The fourth-order valence-corrected chi connectivity index (χ4v) is 2.05. The van der Waals surface area contributed by atoms with E-state index in [-0.39, 0.29) is 24.0 Å². The number of halogens is 1. The summed E-state index contributed by atoms with van der Waals surface area (Å²) >= 11 is 0. The lowest BCUT2D eigenvalue weighted by molar-refractivity contribution is 0.326. The van der Waals surface area contributed by atoms with Crippen molar-refractivity contribution < 1.29 is 4.74 Å². The smallest absolute Gasteiger partial charge is 0.191 e. The van der Waals surface area contributed by atoms with Crippen molar-refractivity contribution in [3.05, 3.63) is 29.8 Å². The maximum absolute atomic E-state index is 5.74. The Kier molecular flexibility index (Phi) is 7.85. The number of nitrogens with zero attached hydrogens (tertiary/aromatic N) is 1. The average Bonchev–Trinajstić information content (AvgIpc) is 3.12. The van der Waals surface area contributed by atoms with Crippen molar-refractivity contribution in [1.82, 2.24) is 10.6 Å². The van der Waals surface area contributed by atoms with Crippen molar-refractivity contribution in [3.8, 4) is 5.75 Å². The summed E-state index contributed by atoms with van der Waals surface area (Å²) in [5.41, 5.74) is 1.16. The summed E-state index contributed by atoms with van der Waals surface area (Å²) < 4.78 is 5.74. The molecule has 0 spiro atoms. The summed E-state index contributed by atoms with van der Waals surface area (Å²) in [7, 11) is 0. The number of guanidine groups is 1. The number of nitrogens with one attached hydrogen (secondary N) is 2. The van der Waals surface area contributed by atoms with Crippen LogP contribution in [0.4, 0.5) is 0 Å². The van der Waals surface area contributed by atoms with E-state index < -0.39 is 0 Å². The zero-order chi connectivity index (χ0) is 14.4. The van der Waals surface area contributed by atoms with Gasteiger partial charge in [0.25, 0.3) is 0 Å². The van der Waals surface area contributed by atoms with Gasteiger partial charge in [0, 0.05) is 12.6 Å². The minimum absolute atomic E-state index is 0. The van der Waals surface area contributed by atoms with Gasteiger partial charge < -0.3 is 15.4 Å². The molecule has 118 valence electrons. The lowest BCUT2D eigenvalue weighted by atomic mass is 10.2. The highest BCUT2D eigenvalue weighted by molar-refractivity contribution is 14.0. The van der Waals surface area contributed by atoms with E-state index in [0.29, 0.717) is 19.2 Å². The molecule has 1 aromatic rings. The maximum atomic E-state index is 5.74. The molecule has 0 aromatic heterocycles. The molecule has 0 bridgehead atoms. The Labute approximate surface area is 144 Å². The maximum Gasteiger partial charge on any atom is 0.191 e. The van der Waals surface area contributed by atoms with E-state index in [0.717, 1.165) is 29.7 Å². The number of aryl methyl sites for hydroxylation is 1. The molecule has 2 N–H and O–H groups in total. The monoisotopic (exact) mass is 403 g/mol. The molecule has 2 unspecified atom stereocenters. The van der Waals surface area contributed by atoms with Gasteiger partial charge in [-0.3, -0.25) is 0 Å². The Bertz CT molecular complexity index is 465. The highest BCUT2D eigenvalue weighted by Crippen LogP contribution is 2.28. The van der Waals surface area contributed by atoms with Gasteiger partial charge in [0.05, 0.1) is 6.54 Å². The SMILES string of the molecule is CCNC(=NCCOc1ccccc1C)NC1CC1C.I. The first-order valence-corrected chi connectivity index (χ1v) is 7.44. The van der Waals surface area contributed by atoms with Crippen molar-refractivity contribution in [2.75, 3.05) is 19.7 Å². The van der Waals surface area contributed by atoms with Crippen LogP contribution in [0.5, 0.6) is 5.75 Å². The minimum Gasteiger partial charge on any atom is -0.491 e. The van der Waals surface area contributed by atoms with Gasteiger partial charge >= 0.3 is 0 Å². The minimum atomic E-state index is 0. The summed E-state index contributed by atoms with van der Waals surface area (Å²) in [4.78, 5) is 4.54. The van der Waals surface area contributed by atoms with E-state index >= 15 is 0 Å². The predicted molar refractivity (Wildman–Crippen MR) is 98.8 cm³/mol. The molecule has 0 radical (unpaired) electrons. The van der Waals surface area contributed by atoms with Crippen LogP contribution in [0.2, 0.25) is 0 Å². The first-order valence-electron chi connectivity index (χ1n) is 7.44. The van der Waals surface area contributed by atoms with Gasteiger partial charge in [-0.25, -0.2) is 4.99 Å². The van der Waals surface area contributed by atoms with E-state index in [2.05, 4.69) is 42.5 Å². The number of hydrogen-bond donors (Lipinski definition) is 2. The standard InChI is InChI=1S/C16H25N3O.HI/c1-4-17-16(19-14-11-13(14)3)18-9-10-20-15-8-6-5-7-12(15)2;/h5-8,13-14H,4,9-11H2,1-3H3,(H2,17,18,19);1H. The van der Waals surface area contributed by atoms with Crippen molar-refractivity contribution in [2.45, 2.75) is 33.2 Å². The van der Waals surface area contributed by atoms with Gasteiger partial charge in [0.15, 0.2) is 5.96 Å². The Hall–Kier alpha value is -0.980. The summed E-state index contributed by atoms with van der Waals surface area (Å²) in [6.45, 7) is 8.52. The average molecular weight is 403 g/mol. The van der Waals surface area contributed by atoms with E-state index in [9.17, 15) is 0 Å². The van der Waals surface area contributed by atoms with Crippen LogP contribution >= 0.6 is 24.0 Å². The molecule has 1 aliphatic carbocycles. The van der Waals surface area contributed by atoms with Crippen molar-refractivity contribution in [3.63, 3.8) is 0 Å². The third-order valence-electron chi connectivity index (χ3n) is 3.49. The van der Waals surface area contributed by atoms with Gasteiger partial charge in [-0.05, 0) is 37.8 Å². The van der Waals surface area contributed by atoms with Gasteiger partial charge in [0.1, 0.15) is 12.4 Å². The molecule has 0 aliphatic heterocycles. The summed E-state index contributed by atoms with van der Waals surface area (Å²) in [5.74, 6) is 2.61. The third-order valence-corrected chi connectivity index (χ3v) is 3.49. The first-order chi connectivity index (χ1) is 9.70. The van der Waals surface area contributed by atoms with Crippen LogP contribution in [0, 0.1) is 12.8 Å². The summed E-state index contributed by atoms with van der Waals surface area (Å²) in [6.07, 6.45) is 1.24. The zero-order valence-corrected chi connectivity index (χ0v) is 15.4. The van der Waals surface area contributed by atoms with Gasteiger partial charge in [-0.15, -0.1) is 24.0 Å². The molecule has 0 amide bonds. The molecule has 1 aromatic carbocycles. The molecule has 4 nitrogen and oxygen atoms in total. The van der Waals surface area contributed by atoms with Gasteiger partial charge in [-0.2, -0.15) is 0 Å². The molecule has 2 atom stereocenters. The van der Waals surface area contributed by atoms with Crippen LogP contribution in [0.1, 0.15) is 25.8 Å². The number of para-hydroxylation sites is 1. The molecular formula is C16H26IN3O. The molecule has 2 rings (SSSR count). The van der Waals surface area contributed by atoms with Crippen molar-refractivity contribution in [1.29, 1.82) is 0 Å². The molecule has 21 heavy (non-hydrogen) atoms. The molecule has 0 saturated heterocycles. The Morgan fingerprint density at radius 3 is 2.71 bits per heavy atom. The third kappa shape index (κ3) is 6.11. The second-order valence-corrected chi connectivity index (χ2v) is 5.34. The van der Waals surface area contributed by atoms with Crippen LogP contribution in [0.3, 0.4) is 0 Å². The highest BCUT2D eigenvalue weighted by atomic mass is 127. The van der Waals surface area contributed by atoms with Crippen LogP contribution in [0.25, 0.3) is 0 Å². The number of ether oxygens (including phenoxy) is 1. The molecule has 1 saturated carbocycles. The Morgan fingerprint density at radius 2 is 2.10 bits per heavy atom. The zero-order valence-electron chi connectivity index (χ0n) is 13.1. The normalized spacial score (nSPS) is 20.4. The quantitative estimate of drug-likeness (QED) is 0.332. The fourth-order valence-electron chi connectivity index (χ4n) is 2.05. The second-order valence-electron chi connectivity index (χ2n) is 5.34. The lowest BCUT2D eigenvalue weighted by Gasteiger charge is -2.11. The number of aliphatic imine (C=N–C) groups is 1. The van der Waals surface area contributed by atoms with E-state index in [1.807, 2.05) is 18.2 Å². The second kappa shape index (κ2) is 9.12. The largest absolute Gasteiger partial charge is 0.491 e. The van der Waals surface area contributed by atoms with Crippen LogP contribution in [0.15, 0.2) is 29.3 Å². The fraction of sp³-hybridized carbons (Fsp3) is 0.562. The topological polar surface area (TPSA) is 45.7 Å². The number of hydrogen-bond acceptors (Lipinski definition) is 2. The van der Waals surface area contributed by atoms with Crippen LogP contribution < -0.4 is 15.4 Å². The van der Waals surface area contributed by atoms with Crippen LogP contribution in [-0.4, -0.2) is 31.7 Å². The number of rotatable bonds is 6. The predicted octanol–water partition coefficient (Wildman–Crippen LogP) is 2.96. The molecule has 1 aliphatic rings. The van der Waals surface area contributed by atoms with Gasteiger partial charge in [0.2, 0.25) is 0 Å². The van der Waals surface area contributed by atoms with Crippen LogP contribution in [-0.2, 0) is 0 Å². The molecular weight excluding hydrogens is 377 g/mol. The molecule has 1 fully saturated rings. The summed E-state index contributed by atoms with van der Waals surface area (Å²) in [6, 6.07) is 8.65. The Balaban J connectivity index is 0.00000220. The van der Waals surface area contributed by atoms with E-state index in [1.165, 1.54) is 6.42 Å². The highest BCUT2D eigenvalue weighted by Gasteiger charge is 2.33. The molecule has 5 heteroatoms. The summed E-state index contributed by atoms with van der Waals surface area (Å²) in [5, 5.41) is 6.70. The molecule has 0 heterocycles. The van der Waals surface area contributed by atoms with Gasteiger partial charge in [-0.1, -0.05) is 25.1 Å². The van der Waals surface area contributed by atoms with Crippen molar-refractivity contribution >= 4 is 29.9 Å².